The lowest BCUT2D eigenvalue weighted by atomic mass is 10.2. The van der Waals surface area contributed by atoms with Gasteiger partial charge in [0.25, 0.3) is 0 Å². The van der Waals surface area contributed by atoms with E-state index in [2.05, 4.69) is 21.0 Å². The smallest absolute Gasteiger partial charge is 0.329 e. The van der Waals surface area contributed by atoms with Crippen molar-refractivity contribution in [2.75, 3.05) is 6.61 Å². The molecular formula is C14H13ClN4O2. The van der Waals surface area contributed by atoms with Crippen LogP contribution in [0.4, 0.5) is 0 Å². The van der Waals surface area contributed by atoms with Crippen LogP contribution < -0.4 is 9.47 Å². The van der Waals surface area contributed by atoms with Crippen LogP contribution in [0.2, 0.25) is 5.28 Å². The molecule has 0 saturated heterocycles. The lowest BCUT2D eigenvalue weighted by Crippen LogP contribution is -2.03. The monoisotopic (exact) mass is 304 g/mol. The number of hydrogen-bond acceptors (Lipinski definition) is 6. The maximum Gasteiger partial charge on any atom is 0.329 e. The molecule has 0 aliphatic heterocycles. The molecular weight excluding hydrogens is 292 g/mol. The molecule has 6 nitrogen and oxygen atoms in total. The molecule has 0 fully saturated rings. The molecule has 0 unspecified atom stereocenters. The fraction of sp³-hybridized carbons (Fsp3) is 0.286. The number of ether oxygens (including phenoxy) is 2. The van der Waals surface area contributed by atoms with Crippen LogP contribution in [0, 0.1) is 11.3 Å². The Morgan fingerprint density at radius 1 is 1.14 bits per heavy atom. The topological polar surface area (TPSA) is 80.9 Å². The van der Waals surface area contributed by atoms with E-state index in [9.17, 15) is 0 Å². The van der Waals surface area contributed by atoms with Crippen LogP contribution in [0.5, 0.6) is 17.8 Å². The molecule has 2 rings (SSSR count). The zero-order valence-corrected chi connectivity index (χ0v) is 12.2. The van der Waals surface area contributed by atoms with Gasteiger partial charge in [0.2, 0.25) is 5.28 Å². The van der Waals surface area contributed by atoms with Gasteiger partial charge in [-0.15, -0.1) is 4.98 Å². The number of rotatable bonds is 6. The average Bonchev–Trinajstić information content (AvgIpc) is 2.47. The first-order chi connectivity index (χ1) is 10.2. The Balaban J connectivity index is 2.11. The molecule has 0 aliphatic carbocycles. The molecule has 7 heteroatoms. The number of halogens is 1. The molecule has 2 aromatic rings. The van der Waals surface area contributed by atoms with E-state index in [1.54, 1.807) is 24.3 Å². The quantitative estimate of drug-likeness (QED) is 0.815. The van der Waals surface area contributed by atoms with Gasteiger partial charge in [0.15, 0.2) is 0 Å². The number of aromatic nitrogens is 3. The van der Waals surface area contributed by atoms with Crippen molar-refractivity contribution in [2.45, 2.75) is 19.8 Å². The van der Waals surface area contributed by atoms with E-state index >= 15 is 0 Å². The van der Waals surface area contributed by atoms with Crippen molar-refractivity contribution in [3.63, 3.8) is 0 Å². The van der Waals surface area contributed by atoms with Crippen molar-refractivity contribution in [1.82, 2.24) is 15.0 Å². The SMILES string of the molecule is CCCOc1nc(Cl)nc(Oc2ccc(CC#N)cc2)n1. The normalized spacial score (nSPS) is 9.95. The first-order valence-electron chi connectivity index (χ1n) is 6.39. The van der Waals surface area contributed by atoms with Gasteiger partial charge in [0, 0.05) is 0 Å². The van der Waals surface area contributed by atoms with Gasteiger partial charge < -0.3 is 9.47 Å². The average molecular weight is 305 g/mol. The van der Waals surface area contributed by atoms with Crippen LogP contribution in [0.25, 0.3) is 0 Å². The molecule has 0 atom stereocenters. The van der Waals surface area contributed by atoms with Crippen molar-refractivity contribution < 1.29 is 9.47 Å². The van der Waals surface area contributed by atoms with Gasteiger partial charge in [-0.2, -0.15) is 15.2 Å². The third-order valence-corrected chi connectivity index (χ3v) is 2.59. The first-order valence-corrected chi connectivity index (χ1v) is 6.77. The summed E-state index contributed by atoms with van der Waals surface area (Å²) in [7, 11) is 0. The zero-order valence-electron chi connectivity index (χ0n) is 11.4. The highest BCUT2D eigenvalue weighted by Gasteiger charge is 2.08. The molecule has 21 heavy (non-hydrogen) atoms. The molecule has 108 valence electrons. The lowest BCUT2D eigenvalue weighted by Gasteiger charge is -2.06. The van der Waals surface area contributed by atoms with Crippen LogP contribution in [0.15, 0.2) is 24.3 Å². The highest BCUT2D eigenvalue weighted by atomic mass is 35.5. The van der Waals surface area contributed by atoms with Gasteiger partial charge in [-0.3, -0.25) is 0 Å². The molecule has 1 aromatic heterocycles. The van der Waals surface area contributed by atoms with E-state index in [4.69, 9.17) is 26.3 Å². The minimum absolute atomic E-state index is 0.00667. The summed E-state index contributed by atoms with van der Waals surface area (Å²) in [6, 6.07) is 9.35. The van der Waals surface area contributed by atoms with E-state index < -0.39 is 0 Å². The van der Waals surface area contributed by atoms with Crippen molar-refractivity contribution in [3.8, 4) is 23.8 Å². The van der Waals surface area contributed by atoms with Crippen molar-refractivity contribution in [3.05, 3.63) is 35.1 Å². The summed E-state index contributed by atoms with van der Waals surface area (Å²) in [6.45, 7) is 2.46. The zero-order chi connectivity index (χ0) is 15.1. The maximum atomic E-state index is 8.62. The Hall–Kier alpha value is -2.39. The molecule has 0 bridgehead atoms. The summed E-state index contributed by atoms with van der Waals surface area (Å²) < 4.78 is 10.8. The highest BCUT2D eigenvalue weighted by Crippen LogP contribution is 2.21. The van der Waals surface area contributed by atoms with E-state index in [1.807, 2.05) is 6.92 Å². The Morgan fingerprint density at radius 3 is 2.52 bits per heavy atom. The lowest BCUT2D eigenvalue weighted by molar-refractivity contribution is 0.284. The Kier molecular flexibility index (Phi) is 5.29. The highest BCUT2D eigenvalue weighted by molar-refractivity contribution is 6.28. The van der Waals surface area contributed by atoms with Crippen molar-refractivity contribution in [2.24, 2.45) is 0 Å². The minimum atomic E-state index is 0.00667. The van der Waals surface area contributed by atoms with Gasteiger partial charge >= 0.3 is 12.0 Å². The van der Waals surface area contributed by atoms with Crippen molar-refractivity contribution in [1.29, 1.82) is 5.26 Å². The van der Waals surface area contributed by atoms with Crippen molar-refractivity contribution >= 4 is 11.6 Å². The molecule has 0 spiro atoms. The number of nitrogens with zero attached hydrogens (tertiary/aromatic N) is 4. The molecule has 0 saturated carbocycles. The summed E-state index contributed by atoms with van der Waals surface area (Å²) in [4.78, 5) is 11.8. The number of hydrogen-bond donors (Lipinski definition) is 0. The predicted molar refractivity (Wildman–Crippen MR) is 76.5 cm³/mol. The second-order valence-corrected chi connectivity index (χ2v) is 4.44. The molecule has 1 aromatic carbocycles. The third kappa shape index (κ3) is 4.58. The van der Waals surface area contributed by atoms with Gasteiger partial charge in [0.1, 0.15) is 5.75 Å². The summed E-state index contributed by atoms with van der Waals surface area (Å²) in [6.07, 6.45) is 1.19. The summed E-state index contributed by atoms with van der Waals surface area (Å²) in [5.74, 6) is 0.542. The fourth-order valence-corrected chi connectivity index (χ4v) is 1.63. The third-order valence-electron chi connectivity index (χ3n) is 2.42. The maximum absolute atomic E-state index is 8.62. The van der Waals surface area contributed by atoms with Crippen LogP contribution in [-0.4, -0.2) is 21.6 Å². The number of nitriles is 1. The van der Waals surface area contributed by atoms with Crippen LogP contribution in [-0.2, 0) is 6.42 Å². The molecule has 0 N–H and O–H groups in total. The summed E-state index contributed by atoms with van der Waals surface area (Å²) >= 11 is 5.80. The van der Waals surface area contributed by atoms with Gasteiger partial charge in [0.05, 0.1) is 19.1 Å². The summed E-state index contributed by atoms with van der Waals surface area (Å²) in [5, 5.41) is 8.63. The van der Waals surface area contributed by atoms with E-state index in [0.29, 0.717) is 18.8 Å². The second kappa shape index (κ2) is 7.41. The molecule has 1 heterocycles. The van der Waals surface area contributed by atoms with Gasteiger partial charge in [-0.1, -0.05) is 19.1 Å². The molecule has 0 amide bonds. The Morgan fingerprint density at radius 2 is 1.86 bits per heavy atom. The minimum Gasteiger partial charge on any atom is -0.463 e. The van der Waals surface area contributed by atoms with Gasteiger partial charge in [-0.25, -0.2) is 0 Å². The Bertz CT molecular complexity index is 640. The van der Waals surface area contributed by atoms with Crippen LogP contribution in [0.3, 0.4) is 0 Å². The number of benzene rings is 1. The van der Waals surface area contributed by atoms with E-state index in [1.165, 1.54) is 0 Å². The Labute approximate surface area is 127 Å². The standard InChI is InChI=1S/C14H13ClN4O2/c1-2-9-20-13-17-12(15)18-14(19-13)21-11-5-3-10(4-6-11)7-8-16/h3-6H,2,7,9H2,1H3. The first kappa shape index (κ1) is 15.0. The summed E-state index contributed by atoms with van der Waals surface area (Å²) in [5.41, 5.74) is 0.908. The van der Waals surface area contributed by atoms with E-state index in [0.717, 1.165) is 12.0 Å². The van der Waals surface area contributed by atoms with Crippen LogP contribution in [0.1, 0.15) is 18.9 Å². The largest absolute Gasteiger partial charge is 0.463 e. The molecule has 0 radical (unpaired) electrons. The fourth-order valence-electron chi connectivity index (χ4n) is 1.49. The van der Waals surface area contributed by atoms with Gasteiger partial charge in [-0.05, 0) is 35.7 Å². The molecule has 0 aliphatic rings. The van der Waals surface area contributed by atoms with Crippen LogP contribution >= 0.6 is 11.6 Å². The van der Waals surface area contributed by atoms with E-state index in [-0.39, 0.29) is 17.3 Å². The second-order valence-electron chi connectivity index (χ2n) is 4.10. The predicted octanol–water partition coefficient (Wildman–Crippen LogP) is 3.17.